The molecule has 0 aromatic rings. The zero-order valence-corrected chi connectivity index (χ0v) is 66.0. The lowest BCUT2D eigenvalue weighted by Crippen LogP contribution is -3.00. The molecule has 10 heterocycles. The number of hydrogen-bond donors (Lipinski definition) is 5. The van der Waals surface area contributed by atoms with Gasteiger partial charge in [-0.15, -0.1) is 0 Å². The Balaban J connectivity index is 0.000000430. The van der Waals surface area contributed by atoms with Crippen LogP contribution in [-0.4, -0.2) is 127 Å². The van der Waals surface area contributed by atoms with E-state index in [2.05, 4.69) is 259 Å². The Morgan fingerprint density at radius 3 is 0.629 bits per heavy atom. The molecule has 0 amide bonds. The van der Waals surface area contributed by atoms with Crippen molar-refractivity contribution in [3.8, 4) is 0 Å². The van der Waals surface area contributed by atoms with Gasteiger partial charge in [0.15, 0.2) is 0 Å². The van der Waals surface area contributed by atoms with Crippen LogP contribution in [0.4, 0.5) is 0 Å². The first kappa shape index (κ1) is 72.9. The molecular formula is C40H65I10N15S5. The lowest BCUT2D eigenvalue weighted by molar-refractivity contribution is -0.743. The summed E-state index contributed by atoms with van der Waals surface area (Å²) in [6.07, 6.45) is 19.3. The van der Waals surface area contributed by atoms with E-state index in [1.165, 1.54) is 0 Å². The van der Waals surface area contributed by atoms with Gasteiger partial charge < -0.3 is 120 Å². The summed E-state index contributed by atoms with van der Waals surface area (Å²) in [5, 5.41) is 17.1. The van der Waals surface area contributed by atoms with Gasteiger partial charge in [0.05, 0.1) is 58.7 Å². The number of thioether (sulfide) groups is 5. The number of nitrogens with zero attached hydrogens (tertiary/aromatic N) is 10. The quantitative estimate of drug-likeness (QED) is 0.0897. The zero-order valence-electron chi connectivity index (χ0n) is 40.4. The first-order valence-corrected chi connectivity index (χ1v) is 32.5. The van der Waals surface area contributed by atoms with E-state index in [1.54, 1.807) is 0 Å². The maximum absolute atomic E-state index is 4.37. The van der Waals surface area contributed by atoms with E-state index in [1.807, 2.05) is 121 Å². The molecule has 30 heteroatoms. The second-order valence-corrected chi connectivity index (χ2v) is 31.0. The van der Waals surface area contributed by atoms with Gasteiger partial charge in [-0.25, -0.2) is 52.1 Å². The fourth-order valence-electron chi connectivity index (χ4n) is 7.03. The van der Waals surface area contributed by atoms with Crippen LogP contribution in [0, 0.1) is 0 Å². The third-order valence-corrected chi connectivity index (χ3v) is 30.4. The van der Waals surface area contributed by atoms with Crippen LogP contribution in [0.5, 0.6) is 0 Å². The van der Waals surface area contributed by atoms with Crippen molar-refractivity contribution in [2.24, 2.45) is 25.0 Å². The highest BCUT2D eigenvalue weighted by Gasteiger charge is 2.47. The minimum Gasteiger partial charge on any atom is -1.00 e. The number of nitrogens with two attached hydrogens (primary N) is 5. The second kappa shape index (κ2) is 32.5. The van der Waals surface area contributed by atoms with Crippen molar-refractivity contribution >= 4 is 198 Å². The highest BCUT2D eigenvalue weighted by atomic mass is 127. The summed E-state index contributed by atoms with van der Waals surface area (Å²) in [4.78, 5) is 21.9. The van der Waals surface area contributed by atoms with Crippen molar-refractivity contribution in [3.05, 3.63) is 62.0 Å². The number of alkyl halides is 5. The monoisotopic (exact) mass is 2180 g/mol. The molecule has 10 aliphatic rings. The highest BCUT2D eigenvalue weighted by molar-refractivity contribution is 14.1. The molecular weight excluding hydrogens is 2120 g/mol. The van der Waals surface area contributed by atoms with Gasteiger partial charge in [0.25, 0.3) is 0 Å². The fraction of sp³-hybridized carbons (Fsp3) is 0.625. The Bertz CT molecular complexity index is 1710. The van der Waals surface area contributed by atoms with Crippen LogP contribution in [0.15, 0.2) is 87.0 Å². The van der Waals surface area contributed by atoms with Crippen molar-refractivity contribution in [2.45, 2.75) is 117 Å². The van der Waals surface area contributed by atoms with E-state index in [-0.39, 0.29) is 148 Å². The topological polar surface area (TPSA) is 161 Å². The van der Waals surface area contributed by atoms with Crippen molar-refractivity contribution in [2.75, 3.05) is 28.8 Å². The van der Waals surface area contributed by atoms with Crippen LogP contribution in [0.2, 0.25) is 0 Å². The molecule has 0 aliphatic carbocycles. The number of rotatable bonds is 0. The van der Waals surface area contributed by atoms with Crippen LogP contribution >= 0.6 is 172 Å². The fourth-order valence-corrected chi connectivity index (χ4v) is 17.6. The zero-order chi connectivity index (χ0) is 47.4. The van der Waals surface area contributed by atoms with Crippen molar-refractivity contribution < 1.29 is 147 Å². The summed E-state index contributed by atoms with van der Waals surface area (Å²) in [5.41, 5.74) is 11.6. The van der Waals surface area contributed by atoms with E-state index in [9.17, 15) is 0 Å². The number of hydrogen-bond acceptors (Lipinski definition) is 15. The summed E-state index contributed by atoms with van der Waals surface area (Å²) in [6.45, 7) is 22.7. The third kappa shape index (κ3) is 17.9. The van der Waals surface area contributed by atoms with E-state index < -0.39 is 0 Å². The van der Waals surface area contributed by atoms with Gasteiger partial charge in [0.1, 0.15) is 31.0 Å². The molecule has 0 aromatic carbocycles. The number of amidine groups is 5. The lowest BCUT2D eigenvalue weighted by Gasteiger charge is -2.43. The Kier molecular flexibility index (Phi) is 33.9. The minimum absolute atomic E-state index is 0. The van der Waals surface area contributed by atoms with Crippen LogP contribution in [0.1, 0.15) is 69.2 Å². The third-order valence-electron chi connectivity index (χ3n) is 12.3. The van der Waals surface area contributed by atoms with Gasteiger partial charge in [-0.2, -0.15) is 25.0 Å². The molecule has 0 aromatic heterocycles. The molecule has 0 saturated carbocycles. The number of quaternary nitrogens is 5. The van der Waals surface area contributed by atoms with Gasteiger partial charge in [-0.3, -0.25) is 0 Å². The van der Waals surface area contributed by atoms with E-state index >= 15 is 0 Å². The van der Waals surface area contributed by atoms with E-state index in [0.717, 1.165) is 54.6 Å². The maximum Gasteiger partial charge on any atom is 0.212 e. The smallest absolute Gasteiger partial charge is 0.212 e. The molecule has 15 nitrogen and oxygen atoms in total. The Labute approximate surface area is 591 Å². The summed E-state index contributed by atoms with van der Waals surface area (Å²) in [7, 11) is 0. The molecule has 5 unspecified atom stereocenters. The average molecular weight is 2190 g/mol. The molecule has 5 saturated heterocycles. The van der Waals surface area contributed by atoms with Gasteiger partial charge in [-0.05, 0) is 69.2 Å². The van der Waals surface area contributed by atoms with Crippen molar-refractivity contribution in [1.82, 2.24) is 25.0 Å². The van der Waals surface area contributed by atoms with Crippen LogP contribution in [0.3, 0.4) is 0 Å². The first-order valence-electron chi connectivity index (χ1n) is 21.3. The summed E-state index contributed by atoms with van der Waals surface area (Å²) >= 11 is 21.9. The van der Waals surface area contributed by atoms with E-state index in [4.69, 9.17) is 0 Å². The maximum atomic E-state index is 4.37. The first-order chi connectivity index (χ1) is 30.6. The number of aliphatic imine (C=N–C) groups is 5. The molecule has 70 heavy (non-hydrogen) atoms. The molecule has 10 rings (SSSR count). The van der Waals surface area contributed by atoms with Gasteiger partial charge in [-0.1, -0.05) is 172 Å². The molecule has 0 spiro atoms. The second-order valence-electron chi connectivity index (χ2n) is 18.5. The standard InChI is InChI=1S/5C8H12IN3S.5HI/c5*1-8(2)6(9)5-13-7-10-3-4-11-12(7)8;;;;;/h5*3-4,6,11H,5H2,1-2H3;5*1H. The predicted octanol–water partition coefficient (Wildman–Crippen LogP) is -10.3. The summed E-state index contributed by atoms with van der Waals surface area (Å²) < 4.78 is 3.32. The van der Waals surface area contributed by atoms with Crippen molar-refractivity contribution in [1.29, 1.82) is 0 Å². The SMILES string of the molecule is CC1(C)C(I)CSC2=NC=C[NH2+]N21.CC1(C)C(I)CSC2=NC=C[NH2+]N21.CC1(C)C(I)CSC2=NC=C[NH2+]N21.CC1(C)C(I)CSC2=NC=C[NH2+]N21.CC1(C)C(I)CSC2=NC=C[NH2+]N21.[I-].[I-].[I-].[I-].[I-]. The van der Waals surface area contributed by atoms with Gasteiger partial charge in [0.2, 0.25) is 25.8 Å². The molecule has 10 aliphatic heterocycles. The Morgan fingerprint density at radius 2 is 0.486 bits per heavy atom. The van der Waals surface area contributed by atoms with Gasteiger partial charge in [0, 0.05) is 48.4 Å². The largest absolute Gasteiger partial charge is 1.00 e. The van der Waals surface area contributed by atoms with Gasteiger partial charge >= 0.3 is 0 Å². The highest BCUT2D eigenvalue weighted by Crippen LogP contribution is 2.38. The Morgan fingerprint density at radius 1 is 0.343 bits per heavy atom. The molecule has 0 bridgehead atoms. The molecule has 400 valence electrons. The van der Waals surface area contributed by atoms with Crippen LogP contribution in [0.25, 0.3) is 0 Å². The molecule has 5 fully saturated rings. The summed E-state index contributed by atoms with van der Waals surface area (Å²) in [5.74, 6) is 5.79. The lowest BCUT2D eigenvalue weighted by atomic mass is 10.0. The normalized spacial score (nSPS) is 28.9. The molecule has 5 atom stereocenters. The van der Waals surface area contributed by atoms with Crippen LogP contribution < -0.4 is 147 Å². The summed E-state index contributed by atoms with van der Waals surface area (Å²) in [6, 6.07) is 0. The Hall–Kier alpha value is 4.90. The average Bonchev–Trinajstić information content (AvgIpc) is 3.29. The predicted molar refractivity (Wildman–Crippen MR) is 323 cm³/mol. The number of halogens is 10. The van der Waals surface area contributed by atoms with E-state index in [0.29, 0.717) is 19.6 Å². The molecule has 10 N–H and O–H groups in total. The number of fused-ring (bicyclic) bond motifs is 5. The van der Waals surface area contributed by atoms with Crippen LogP contribution in [-0.2, 0) is 0 Å². The minimum atomic E-state index is 0. The van der Waals surface area contributed by atoms with Crippen molar-refractivity contribution in [3.63, 3.8) is 0 Å². The molecule has 0 radical (unpaired) electrons.